The molecule has 3 heterocycles. The van der Waals surface area contributed by atoms with Crippen LogP contribution in [-0.4, -0.2) is 9.55 Å². The molecule has 0 saturated heterocycles. The lowest BCUT2D eigenvalue weighted by atomic mass is 9.87. The molecule has 8 aromatic rings. The Kier molecular flexibility index (Phi) is 7.54. The number of hydrogen-bond acceptors (Lipinski definition) is 1. The van der Waals surface area contributed by atoms with Crippen LogP contribution in [0.4, 0.5) is 5.69 Å². The number of rotatable bonds is 6. The number of H-pyrrole nitrogens is 1. The molecule has 1 aliphatic carbocycles. The summed E-state index contributed by atoms with van der Waals surface area (Å²) in [5, 5.41) is 5.05. The van der Waals surface area contributed by atoms with Gasteiger partial charge >= 0.3 is 0 Å². The fourth-order valence-electron chi connectivity index (χ4n) is 8.91. The highest BCUT2D eigenvalue weighted by molar-refractivity contribution is 6.12. The normalized spacial score (nSPS) is 16.1. The second kappa shape index (κ2) is 12.7. The molecule has 256 valence electrons. The summed E-state index contributed by atoms with van der Waals surface area (Å²) in [4.78, 5) is 6.14. The van der Waals surface area contributed by atoms with Gasteiger partial charge in [-0.1, -0.05) is 91.0 Å². The summed E-state index contributed by atoms with van der Waals surface area (Å²) in [6, 6.07) is 47.3. The van der Waals surface area contributed by atoms with Crippen LogP contribution in [0.25, 0.3) is 71.6 Å². The first-order chi connectivity index (χ1) is 26.2. The van der Waals surface area contributed by atoms with Gasteiger partial charge in [0.15, 0.2) is 0 Å². The zero-order chi connectivity index (χ0) is 35.5. The van der Waals surface area contributed by atoms with E-state index in [0.29, 0.717) is 5.92 Å². The van der Waals surface area contributed by atoms with Gasteiger partial charge in [0.1, 0.15) is 0 Å². The molecule has 1 atom stereocenters. The average Bonchev–Trinajstić information content (AvgIpc) is 3.86. The molecule has 0 amide bonds. The minimum atomic E-state index is 0.416. The van der Waals surface area contributed by atoms with Crippen LogP contribution in [0, 0.1) is 0 Å². The molecular weight excluding hydrogens is 643 g/mol. The first-order valence-corrected chi connectivity index (χ1v) is 18.9. The van der Waals surface area contributed by atoms with Crippen LogP contribution in [-0.2, 0) is 0 Å². The highest BCUT2D eigenvalue weighted by Crippen LogP contribution is 2.51. The minimum Gasteiger partial charge on any atom is -0.354 e. The molecule has 0 fully saturated rings. The van der Waals surface area contributed by atoms with Gasteiger partial charge in [0.25, 0.3) is 0 Å². The lowest BCUT2D eigenvalue weighted by Gasteiger charge is -2.26. The van der Waals surface area contributed by atoms with Crippen molar-refractivity contribution in [3.63, 3.8) is 0 Å². The number of anilines is 1. The third-order valence-electron chi connectivity index (χ3n) is 11.3. The Morgan fingerprint density at radius 2 is 1.32 bits per heavy atom. The van der Waals surface area contributed by atoms with E-state index >= 15 is 0 Å². The van der Waals surface area contributed by atoms with Crippen LogP contribution in [0.1, 0.15) is 44.6 Å². The maximum Gasteiger partial charge on any atom is 0.0541 e. The third-order valence-corrected chi connectivity index (χ3v) is 11.3. The number of aromatic amines is 1. The molecule has 0 bridgehead atoms. The van der Waals surface area contributed by atoms with Crippen LogP contribution >= 0.6 is 0 Å². The van der Waals surface area contributed by atoms with E-state index in [1.165, 1.54) is 107 Å². The van der Waals surface area contributed by atoms with Gasteiger partial charge in [-0.15, -0.1) is 0 Å². The van der Waals surface area contributed by atoms with E-state index in [4.69, 9.17) is 0 Å². The van der Waals surface area contributed by atoms with Gasteiger partial charge in [-0.3, -0.25) is 0 Å². The molecule has 0 saturated carbocycles. The molecular formula is C50H41N3. The number of fused-ring (bicyclic) bond motifs is 9. The Morgan fingerprint density at radius 1 is 0.642 bits per heavy atom. The molecule has 1 aliphatic heterocycles. The summed E-state index contributed by atoms with van der Waals surface area (Å²) >= 11 is 0. The standard InChI is InChI=1S/C50H41N3/c1-3-5-14-37(13-4-2)52-47-20-12-10-18-41(47)42-29-33(22-26-48(42)52)34-23-27-49-43(30-34)44-31-35(24-28-50(44)53(49)38-15-7-6-8-16-38)36-21-25-40-39-17-9-11-19-45(39)51-46(40)32-36/h3-9,11,13-17,19-32,41,51H,10,12,18H2,1-2H3/b5-3-,13-4-,37-14+. The van der Waals surface area contributed by atoms with E-state index < -0.39 is 0 Å². The summed E-state index contributed by atoms with van der Waals surface area (Å²) in [5.41, 5.74) is 16.3. The van der Waals surface area contributed by atoms with Crippen LogP contribution in [0.5, 0.6) is 0 Å². The number of aromatic nitrogens is 2. The fraction of sp³-hybridized carbons (Fsp3) is 0.120. The molecule has 0 spiro atoms. The molecule has 2 aliphatic rings. The van der Waals surface area contributed by atoms with Gasteiger partial charge < -0.3 is 14.5 Å². The van der Waals surface area contributed by atoms with E-state index in [9.17, 15) is 0 Å². The SMILES string of the molecule is C\C=C/C=C(\C=C/C)N1C2=CCCCC2c2cc(-c3ccc4c(c3)c3cc(-c5ccc6c(c5)[nH]c5ccccc56)ccc3n4-c3ccccc3)ccc21. The Morgan fingerprint density at radius 3 is 2.09 bits per heavy atom. The molecule has 53 heavy (non-hydrogen) atoms. The number of allylic oxidation sites excluding steroid dienone is 7. The quantitative estimate of drug-likeness (QED) is 0.173. The van der Waals surface area contributed by atoms with Crippen LogP contribution < -0.4 is 4.90 Å². The molecule has 3 nitrogen and oxygen atoms in total. The van der Waals surface area contributed by atoms with E-state index in [-0.39, 0.29) is 0 Å². The van der Waals surface area contributed by atoms with Gasteiger partial charge in [-0.2, -0.15) is 0 Å². The second-order valence-corrected chi connectivity index (χ2v) is 14.4. The van der Waals surface area contributed by atoms with Gasteiger partial charge in [-0.05, 0) is 134 Å². The lowest BCUT2D eigenvalue weighted by molar-refractivity contribution is 0.632. The van der Waals surface area contributed by atoms with Gasteiger partial charge in [-0.25, -0.2) is 0 Å². The van der Waals surface area contributed by atoms with E-state index in [0.717, 1.165) is 6.42 Å². The largest absolute Gasteiger partial charge is 0.354 e. The summed E-state index contributed by atoms with van der Waals surface area (Å²) in [5.74, 6) is 0.416. The van der Waals surface area contributed by atoms with E-state index in [1.54, 1.807) is 0 Å². The van der Waals surface area contributed by atoms with Crippen LogP contribution in [0.2, 0.25) is 0 Å². The monoisotopic (exact) mass is 683 g/mol. The van der Waals surface area contributed by atoms with Gasteiger partial charge in [0.2, 0.25) is 0 Å². The summed E-state index contributed by atoms with van der Waals surface area (Å²) < 4.78 is 2.42. The predicted octanol–water partition coefficient (Wildman–Crippen LogP) is 13.8. The van der Waals surface area contributed by atoms with Crippen molar-refractivity contribution in [1.82, 2.24) is 9.55 Å². The van der Waals surface area contributed by atoms with Gasteiger partial charge in [0, 0.05) is 61.3 Å². The number of benzene rings is 6. The molecule has 3 heteroatoms. The minimum absolute atomic E-state index is 0.416. The zero-order valence-corrected chi connectivity index (χ0v) is 30.2. The Bertz CT molecular complexity index is 2840. The van der Waals surface area contributed by atoms with Crippen molar-refractivity contribution in [2.75, 3.05) is 4.90 Å². The summed E-state index contributed by atoms with van der Waals surface area (Å²) in [6.45, 7) is 4.18. The number of hydrogen-bond donors (Lipinski definition) is 1. The van der Waals surface area contributed by atoms with Crippen molar-refractivity contribution >= 4 is 49.3 Å². The molecule has 1 unspecified atom stereocenters. The van der Waals surface area contributed by atoms with E-state index in [2.05, 4.69) is 192 Å². The topological polar surface area (TPSA) is 24.0 Å². The molecule has 6 aromatic carbocycles. The fourth-order valence-corrected chi connectivity index (χ4v) is 8.91. The van der Waals surface area contributed by atoms with Crippen molar-refractivity contribution < 1.29 is 0 Å². The lowest BCUT2D eigenvalue weighted by Crippen LogP contribution is -2.19. The molecule has 0 radical (unpaired) electrons. The highest BCUT2D eigenvalue weighted by Gasteiger charge is 2.36. The molecule has 2 aromatic heterocycles. The first kappa shape index (κ1) is 31.4. The Labute approximate surface area is 310 Å². The Hall–Kier alpha value is -6.32. The smallest absolute Gasteiger partial charge is 0.0541 e. The summed E-state index contributed by atoms with van der Waals surface area (Å²) in [6.07, 6.45) is 16.9. The van der Waals surface area contributed by atoms with Crippen molar-refractivity contribution in [1.29, 1.82) is 0 Å². The maximum absolute atomic E-state index is 3.65. The maximum atomic E-state index is 3.65. The zero-order valence-electron chi connectivity index (χ0n) is 30.2. The van der Waals surface area contributed by atoms with Crippen molar-refractivity contribution in [3.8, 4) is 27.9 Å². The van der Waals surface area contributed by atoms with Crippen LogP contribution in [0.15, 0.2) is 175 Å². The first-order valence-electron chi connectivity index (χ1n) is 18.9. The van der Waals surface area contributed by atoms with Crippen LogP contribution in [0.3, 0.4) is 0 Å². The number of para-hydroxylation sites is 2. The Balaban J connectivity index is 1.13. The van der Waals surface area contributed by atoms with E-state index in [1.807, 2.05) is 0 Å². The second-order valence-electron chi connectivity index (χ2n) is 14.4. The van der Waals surface area contributed by atoms with Crippen molar-refractivity contribution in [2.45, 2.75) is 39.0 Å². The average molecular weight is 684 g/mol. The van der Waals surface area contributed by atoms with Crippen molar-refractivity contribution in [2.24, 2.45) is 0 Å². The van der Waals surface area contributed by atoms with Crippen molar-refractivity contribution in [3.05, 3.63) is 181 Å². The predicted molar refractivity (Wildman–Crippen MR) is 226 cm³/mol. The third kappa shape index (κ3) is 5.10. The molecule has 10 rings (SSSR count). The number of nitrogens with one attached hydrogen (secondary N) is 1. The van der Waals surface area contributed by atoms with Gasteiger partial charge in [0.05, 0.1) is 11.0 Å². The number of nitrogens with zero attached hydrogens (tertiary/aromatic N) is 2. The summed E-state index contributed by atoms with van der Waals surface area (Å²) in [7, 11) is 0. The highest BCUT2D eigenvalue weighted by atomic mass is 15.2. The molecule has 1 N–H and O–H groups in total.